The first kappa shape index (κ1) is 21.2. The highest BCUT2D eigenvalue weighted by atomic mass is 19.4. The monoisotopic (exact) mass is 456 g/mol. The summed E-state index contributed by atoms with van der Waals surface area (Å²) in [6.07, 6.45) is -4.63. The molecule has 0 spiro atoms. The minimum Gasteiger partial charge on any atom is -0.494 e. The fourth-order valence-corrected chi connectivity index (χ4v) is 3.66. The van der Waals surface area contributed by atoms with E-state index >= 15 is 0 Å². The van der Waals surface area contributed by atoms with E-state index in [4.69, 9.17) is 14.0 Å². The van der Waals surface area contributed by atoms with Crippen LogP contribution >= 0.6 is 0 Å². The Labute approximate surface area is 186 Å². The van der Waals surface area contributed by atoms with Crippen LogP contribution in [0, 0.1) is 0 Å². The van der Waals surface area contributed by atoms with Crippen LogP contribution < -0.4 is 4.74 Å². The number of alkyl halides is 3. The molecule has 0 N–H and O–H groups in total. The smallest absolute Gasteiger partial charge is 0.416 e. The number of halogens is 3. The number of aromatic nitrogens is 4. The molecule has 170 valence electrons. The molecule has 0 saturated heterocycles. The normalized spacial score (nSPS) is 15.9. The first-order chi connectivity index (χ1) is 15.9. The molecule has 7 nitrogen and oxygen atoms in total. The van der Waals surface area contributed by atoms with Crippen molar-refractivity contribution >= 4 is 0 Å². The van der Waals surface area contributed by atoms with Gasteiger partial charge >= 0.3 is 6.18 Å². The predicted octanol–water partition coefficient (Wildman–Crippen LogP) is 5.29. The van der Waals surface area contributed by atoms with Gasteiger partial charge in [-0.3, -0.25) is 4.68 Å². The van der Waals surface area contributed by atoms with E-state index in [2.05, 4.69) is 15.2 Å². The van der Waals surface area contributed by atoms with Crippen molar-refractivity contribution in [1.82, 2.24) is 19.9 Å². The topological polar surface area (TPSA) is 75.2 Å². The molecule has 5 rings (SSSR count). The van der Waals surface area contributed by atoms with Crippen molar-refractivity contribution in [3.8, 4) is 28.7 Å². The molecule has 1 atom stereocenters. The Morgan fingerprint density at radius 3 is 2.70 bits per heavy atom. The van der Waals surface area contributed by atoms with Gasteiger partial charge in [0.2, 0.25) is 5.82 Å². The molecule has 0 radical (unpaired) electrons. The number of hydrogen-bond donors (Lipinski definition) is 0. The molecule has 3 heterocycles. The fourth-order valence-electron chi connectivity index (χ4n) is 3.66. The molecular weight excluding hydrogens is 437 g/mol. The summed E-state index contributed by atoms with van der Waals surface area (Å²) in [5, 5.41) is 8.38. The highest BCUT2D eigenvalue weighted by Gasteiger charge is 2.31. The van der Waals surface area contributed by atoms with Gasteiger partial charge in [0.15, 0.2) is 5.69 Å². The summed E-state index contributed by atoms with van der Waals surface area (Å²) in [4.78, 5) is 4.25. The molecule has 2 aromatic carbocycles. The van der Waals surface area contributed by atoms with Crippen molar-refractivity contribution in [2.75, 3.05) is 6.61 Å². The van der Waals surface area contributed by atoms with Crippen molar-refractivity contribution in [2.24, 2.45) is 0 Å². The number of ether oxygens (including phenoxy) is 2. The van der Waals surface area contributed by atoms with Crippen LogP contribution in [0.25, 0.3) is 23.0 Å². The van der Waals surface area contributed by atoms with E-state index in [9.17, 15) is 13.2 Å². The summed E-state index contributed by atoms with van der Waals surface area (Å²) < 4.78 is 57.6. The number of hydrogen-bond acceptors (Lipinski definition) is 6. The summed E-state index contributed by atoms with van der Waals surface area (Å²) in [7, 11) is 0. The van der Waals surface area contributed by atoms with Crippen LogP contribution in [0.15, 0.2) is 59.1 Å². The maximum absolute atomic E-state index is 13.0. The minimum absolute atomic E-state index is 0.0607. The van der Waals surface area contributed by atoms with Crippen molar-refractivity contribution in [3.63, 3.8) is 0 Å². The molecule has 33 heavy (non-hydrogen) atoms. The Morgan fingerprint density at radius 2 is 1.94 bits per heavy atom. The van der Waals surface area contributed by atoms with E-state index in [0.717, 1.165) is 29.1 Å². The van der Waals surface area contributed by atoms with Gasteiger partial charge in [-0.15, -0.1) is 0 Å². The lowest BCUT2D eigenvalue weighted by atomic mass is 10.1. The van der Waals surface area contributed by atoms with Crippen molar-refractivity contribution in [1.29, 1.82) is 0 Å². The third-order valence-electron chi connectivity index (χ3n) is 5.29. The van der Waals surface area contributed by atoms with Gasteiger partial charge in [0.25, 0.3) is 5.89 Å². The van der Waals surface area contributed by atoms with Gasteiger partial charge in [-0.25, -0.2) is 0 Å². The zero-order valence-electron chi connectivity index (χ0n) is 17.5. The van der Waals surface area contributed by atoms with E-state index < -0.39 is 11.7 Å². The SMILES string of the molecule is CCOc1ccc(C2Cn3nc(-c4nc(-c5cccc(C(F)(F)F)c5)no4)cc3CO2)cc1. The van der Waals surface area contributed by atoms with Crippen molar-refractivity contribution in [2.45, 2.75) is 32.4 Å². The quantitative estimate of drug-likeness (QED) is 0.406. The van der Waals surface area contributed by atoms with Crippen LogP contribution in [-0.4, -0.2) is 26.5 Å². The molecule has 0 bridgehead atoms. The summed E-state index contributed by atoms with van der Waals surface area (Å²) >= 11 is 0. The molecule has 0 amide bonds. The lowest BCUT2D eigenvalue weighted by Gasteiger charge is -2.24. The Balaban J connectivity index is 1.35. The third kappa shape index (κ3) is 4.34. The number of nitrogens with zero attached hydrogens (tertiary/aromatic N) is 4. The largest absolute Gasteiger partial charge is 0.494 e. The Hall–Kier alpha value is -3.66. The standard InChI is InChI=1S/C23H19F3N4O3/c1-2-31-18-8-6-14(7-9-18)20-12-30-17(13-32-20)11-19(28-30)22-27-21(29-33-22)15-4-3-5-16(10-15)23(24,25)26/h3-11,20H,2,12-13H2,1H3. The fraction of sp³-hybridized carbons (Fsp3) is 0.261. The van der Waals surface area contributed by atoms with Crippen molar-refractivity contribution in [3.05, 3.63) is 71.4 Å². The molecule has 0 saturated carbocycles. The Bertz CT molecular complexity index is 1260. The third-order valence-corrected chi connectivity index (χ3v) is 5.29. The average Bonchev–Trinajstić information content (AvgIpc) is 3.46. The zero-order chi connectivity index (χ0) is 23.0. The summed E-state index contributed by atoms with van der Waals surface area (Å²) in [5.74, 6) is 0.986. The molecule has 2 aromatic heterocycles. The summed E-state index contributed by atoms with van der Waals surface area (Å²) in [5.41, 5.74) is 1.72. The van der Waals surface area contributed by atoms with Crippen molar-refractivity contribution < 1.29 is 27.2 Å². The van der Waals surface area contributed by atoms with Gasteiger partial charge in [0, 0.05) is 5.56 Å². The number of rotatable bonds is 5. The summed E-state index contributed by atoms with van der Waals surface area (Å²) in [6, 6.07) is 14.3. The van der Waals surface area contributed by atoms with Gasteiger partial charge in [0.05, 0.1) is 31.0 Å². The Morgan fingerprint density at radius 1 is 1.12 bits per heavy atom. The first-order valence-electron chi connectivity index (χ1n) is 10.3. The second-order valence-corrected chi connectivity index (χ2v) is 7.51. The van der Waals surface area contributed by atoms with Crippen LogP contribution in [-0.2, 0) is 24.1 Å². The van der Waals surface area contributed by atoms with Crippen LogP contribution in [0.3, 0.4) is 0 Å². The van der Waals surface area contributed by atoms with Gasteiger partial charge < -0.3 is 14.0 Å². The lowest BCUT2D eigenvalue weighted by Crippen LogP contribution is -2.21. The maximum Gasteiger partial charge on any atom is 0.416 e. The molecule has 1 aliphatic heterocycles. The van der Waals surface area contributed by atoms with E-state index in [0.29, 0.717) is 25.5 Å². The highest BCUT2D eigenvalue weighted by molar-refractivity contribution is 5.59. The van der Waals surface area contributed by atoms with Crippen LogP contribution in [0.5, 0.6) is 5.75 Å². The minimum atomic E-state index is -4.45. The number of fused-ring (bicyclic) bond motifs is 1. The molecule has 0 fully saturated rings. The Kier molecular flexibility index (Phi) is 5.37. The molecular formula is C23H19F3N4O3. The second-order valence-electron chi connectivity index (χ2n) is 7.51. The molecule has 4 aromatic rings. The summed E-state index contributed by atoms with van der Waals surface area (Å²) in [6.45, 7) is 3.38. The highest BCUT2D eigenvalue weighted by Crippen LogP contribution is 2.33. The predicted molar refractivity (Wildman–Crippen MR) is 111 cm³/mol. The van der Waals surface area contributed by atoms with Crippen LogP contribution in [0.4, 0.5) is 13.2 Å². The average molecular weight is 456 g/mol. The first-order valence-corrected chi connectivity index (χ1v) is 10.3. The number of benzene rings is 2. The van der Waals surface area contributed by atoms with E-state index in [1.54, 1.807) is 6.07 Å². The molecule has 1 unspecified atom stereocenters. The van der Waals surface area contributed by atoms with E-state index in [1.807, 2.05) is 35.9 Å². The molecule has 0 aliphatic carbocycles. The molecule has 10 heteroatoms. The van der Waals surface area contributed by atoms with Gasteiger partial charge in [-0.1, -0.05) is 29.4 Å². The van der Waals surface area contributed by atoms with Gasteiger partial charge in [-0.05, 0) is 42.8 Å². The lowest BCUT2D eigenvalue weighted by molar-refractivity contribution is -0.137. The van der Waals surface area contributed by atoms with Gasteiger partial charge in [-0.2, -0.15) is 23.3 Å². The van der Waals surface area contributed by atoms with E-state index in [1.165, 1.54) is 12.1 Å². The van der Waals surface area contributed by atoms with Gasteiger partial charge in [0.1, 0.15) is 11.9 Å². The second kappa shape index (κ2) is 8.36. The maximum atomic E-state index is 13.0. The van der Waals surface area contributed by atoms with Crippen LogP contribution in [0.2, 0.25) is 0 Å². The van der Waals surface area contributed by atoms with E-state index in [-0.39, 0.29) is 23.4 Å². The molecule has 1 aliphatic rings. The van der Waals surface area contributed by atoms with Crippen LogP contribution in [0.1, 0.15) is 29.8 Å². The zero-order valence-corrected chi connectivity index (χ0v) is 17.5.